The Morgan fingerprint density at radius 2 is 2.00 bits per heavy atom. The van der Waals surface area contributed by atoms with Crippen LogP contribution in [0.2, 0.25) is 5.02 Å². The van der Waals surface area contributed by atoms with Gasteiger partial charge in [-0.25, -0.2) is 0 Å². The summed E-state index contributed by atoms with van der Waals surface area (Å²) in [4.78, 5) is 9.00. The Morgan fingerprint density at radius 3 is 2.44 bits per heavy atom. The molecule has 7 nitrogen and oxygen atoms in total. The van der Waals surface area contributed by atoms with E-state index in [9.17, 15) is 5.11 Å². The molecule has 0 aromatic heterocycles. The second kappa shape index (κ2) is 7.91. The van der Waals surface area contributed by atoms with Crippen LogP contribution in [0.25, 0.3) is 0 Å². The lowest BCUT2D eigenvalue weighted by Gasteiger charge is -1.98. The molecule has 1 aromatic carbocycles. The van der Waals surface area contributed by atoms with Gasteiger partial charge in [0.15, 0.2) is 0 Å². The molecule has 0 spiro atoms. The van der Waals surface area contributed by atoms with E-state index in [1.54, 1.807) is 12.1 Å². The first-order valence-electron chi connectivity index (χ1n) is 4.63. The normalized spacial score (nSPS) is 9.44. The van der Waals surface area contributed by atoms with Gasteiger partial charge in [0.1, 0.15) is 5.75 Å². The molecule has 0 aliphatic heterocycles. The standard InChI is InChI=1S/C8H9ClN4O.C2H4O2/c9-6-2-1-3-7(14)5(6)4-12-13-8(10)11;1-2(3)4/h1-4,14H,(H4,10,11,13);1H3,(H,3,4)/b12-4+;. The second-order valence-electron chi connectivity index (χ2n) is 2.96. The van der Waals surface area contributed by atoms with Crippen molar-refractivity contribution in [3.8, 4) is 5.75 Å². The van der Waals surface area contributed by atoms with Crippen molar-refractivity contribution in [3.63, 3.8) is 0 Å². The SMILES string of the molecule is CC(=O)O.NC(N)=N/N=C/c1c(O)cccc1Cl. The summed E-state index contributed by atoms with van der Waals surface area (Å²) in [7, 11) is 0. The van der Waals surface area contributed by atoms with Gasteiger partial charge in [-0.1, -0.05) is 17.7 Å². The highest BCUT2D eigenvalue weighted by molar-refractivity contribution is 6.33. The van der Waals surface area contributed by atoms with E-state index in [1.807, 2.05) is 0 Å². The summed E-state index contributed by atoms with van der Waals surface area (Å²) >= 11 is 5.78. The van der Waals surface area contributed by atoms with Gasteiger partial charge in [-0.2, -0.15) is 5.10 Å². The molecule has 0 aliphatic carbocycles. The van der Waals surface area contributed by atoms with Gasteiger partial charge in [0, 0.05) is 6.92 Å². The average Bonchev–Trinajstić information content (AvgIpc) is 2.21. The maximum Gasteiger partial charge on any atom is 0.300 e. The average molecular weight is 273 g/mol. The third-order valence-electron chi connectivity index (χ3n) is 1.39. The number of halogens is 1. The van der Waals surface area contributed by atoms with Crippen molar-refractivity contribution >= 4 is 29.7 Å². The molecule has 1 aromatic rings. The van der Waals surface area contributed by atoms with Crippen molar-refractivity contribution in [1.29, 1.82) is 0 Å². The molecule has 8 heteroatoms. The molecule has 0 fully saturated rings. The summed E-state index contributed by atoms with van der Waals surface area (Å²) < 4.78 is 0. The first kappa shape index (κ1) is 15.7. The number of rotatable bonds is 2. The zero-order valence-corrected chi connectivity index (χ0v) is 10.3. The van der Waals surface area contributed by atoms with Crippen molar-refractivity contribution < 1.29 is 15.0 Å². The lowest BCUT2D eigenvalue weighted by molar-refractivity contribution is -0.134. The Balaban J connectivity index is 0.000000631. The maximum atomic E-state index is 9.37. The van der Waals surface area contributed by atoms with Crippen molar-refractivity contribution in [1.82, 2.24) is 0 Å². The molecule has 0 atom stereocenters. The van der Waals surface area contributed by atoms with Crippen molar-refractivity contribution in [3.05, 3.63) is 28.8 Å². The lowest BCUT2D eigenvalue weighted by Crippen LogP contribution is -2.21. The number of phenolic OH excluding ortho intramolecular Hbond substituents is 1. The molecule has 18 heavy (non-hydrogen) atoms. The molecule has 98 valence electrons. The Kier molecular flexibility index (Phi) is 6.91. The van der Waals surface area contributed by atoms with Crippen LogP contribution in [0.3, 0.4) is 0 Å². The molecule has 6 N–H and O–H groups in total. The predicted molar refractivity (Wildman–Crippen MR) is 69.8 cm³/mol. The number of nitrogens with two attached hydrogens (primary N) is 2. The molecule has 0 heterocycles. The first-order chi connectivity index (χ1) is 8.34. The van der Waals surface area contributed by atoms with Crippen LogP contribution in [0.15, 0.2) is 28.4 Å². The summed E-state index contributed by atoms with van der Waals surface area (Å²) in [5.41, 5.74) is 10.5. The van der Waals surface area contributed by atoms with Gasteiger partial charge in [0.05, 0.1) is 16.8 Å². The Hall–Kier alpha value is -2.28. The van der Waals surface area contributed by atoms with E-state index < -0.39 is 5.97 Å². The molecule has 0 saturated carbocycles. The van der Waals surface area contributed by atoms with Crippen LogP contribution < -0.4 is 11.5 Å². The van der Waals surface area contributed by atoms with Crippen LogP contribution in [0.5, 0.6) is 5.75 Å². The van der Waals surface area contributed by atoms with Crippen LogP contribution >= 0.6 is 11.6 Å². The molecule has 0 saturated heterocycles. The minimum absolute atomic E-state index is 0.0204. The highest BCUT2D eigenvalue weighted by Crippen LogP contribution is 2.22. The molecule has 0 amide bonds. The van der Waals surface area contributed by atoms with Crippen LogP contribution in [-0.4, -0.2) is 28.4 Å². The molecular formula is C10H13ClN4O3. The number of hydrogen-bond acceptors (Lipinski definition) is 4. The number of aromatic hydroxyl groups is 1. The van der Waals surface area contributed by atoms with Gasteiger partial charge in [0.25, 0.3) is 5.97 Å². The van der Waals surface area contributed by atoms with Gasteiger partial charge in [-0.3, -0.25) is 4.79 Å². The number of aliphatic carboxylic acids is 1. The molecule has 0 unspecified atom stereocenters. The number of benzene rings is 1. The van der Waals surface area contributed by atoms with Crippen LogP contribution in [-0.2, 0) is 4.79 Å². The van der Waals surface area contributed by atoms with Crippen molar-refractivity contribution in [2.75, 3.05) is 0 Å². The Labute approximate surface area is 108 Å². The third kappa shape index (κ3) is 7.07. The molecule has 0 aliphatic rings. The fraction of sp³-hybridized carbons (Fsp3) is 0.100. The number of guanidine groups is 1. The monoisotopic (exact) mass is 272 g/mol. The quantitative estimate of drug-likeness (QED) is 0.358. The van der Waals surface area contributed by atoms with Crippen LogP contribution in [0.4, 0.5) is 0 Å². The van der Waals surface area contributed by atoms with E-state index in [0.29, 0.717) is 10.6 Å². The summed E-state index contributed by atoms with van der Waals surface area (Å²) in [5.74, 6) is -0.972. The largest absolute Gasteiger partial charge is 0.507 e. The lowest BCUT2D eigenvalue weighted by atomic mass is 10.2. The third-order valence-corrected chi connectivity index (χ3v) is 1.72. The number of carboxylic acid groups (broad SMARTS) is 1. The van der Waals surface area contributed by atoms with Crippen molar-refractivity contribution in [2.24, 2.45) is 21.7 Å². The smallest absolute Gasteiger partial charge is 0.300 e. The predicted octanol–water partition coefficient (Wildman–Crippen LogP) is 0.744. The van der Waals surface area contributed by atoms with E-state index in [1.165, 1.54) is 12.3 Å². The van der Waals surface area contributed by atoms with Gasteiger partial charge in [0.2, 0.25) is 5.96 Å². The van der Waals surface area contributed by atoms with Gasteiger partial charge in [-0.15, -0.1) is 5.10 Å². The van der Waals surface area contributed by atoms with Crippen molar-refractivity contribution in [2.45, 2.75) is 6.92 Å². The number of nitrogens with zero attached hydrogens (tertiary/aromatic N) is 2. The molecule has 0 bridgehead atoms. The van der Waals surface area contributed by atoms with Gasteiger partial charge < -0.3 is 21.7 Å². The fourth-order valence-corrected chi connectivity index (χ4v) is 1.03. The maximum absolute atomic E-state index is 9.37. The van der Waals surface area contributed by atoms with E-state index >= 15 is 0 Å². The van der Waals surface area contributed by atoms with Crippen LogP contribution in [0, 0.1) is 0 Å². The zero-order chi connectivity index (χ0) is 14.1. The summed E-state index contributed by atoms with van der Waals surface area (Å²) in [5, 5.41) is 24.1. The van der Waals surface area contributed by atoms with Gasteiger partial charge in [-0.05, 0) is 12.1 Å². The van der Waals surface area contributed by atoms with Gasteiger partial charge >= 0.3 is 0 Å². The number of carbonyl (C=O) groups is 1. The Morgan fingerprint density at radius 1 is 1.44 bits per heavy atom. The Bertz CT molecular complexity index is 446. The molecular weight excluding hydrogens is 260 g/mol. The minimum atomic E-state index is -0.833. The molecule has 0 radical (unpaired) electrons. The topological polar surface area (TPSA) is 134 Å². The fourth-order valence-electron chi connectivity index (χ4n) is 0.807. The minimum Gasteiger partial charge on any atom is -0.507 e. The van der Waals surface area contributed by atoms with E-state index in [-0.39, 0.29) is 11.7 Å². The highest BCUT2D eigenvalue weighted by Gasteiger charge is 2.01. The number of hydrogen-bond donors (Lipinski definition) is 4. The summed E-state index contributed by atoms with van der Waals surface area (Å²) in [6.45, 7) is 1.08. The highest BCUT2D eigenvalue weighted by atomic mass is 35.5. The summed E-state index contributed by atoms with van der Waals surface area (Å²) in [6.07, 6.45) is 1.28. The number of carboxylic acids is 1. The second-order valence-corrected chi connectivity index (χ2v) is 3.37. The molecule has 1 rings (SSSR count). The van der Waals surface area contributed by atoms with E-state index in [4.69, 9.17) is 33.0 Å². The number of phenols is 1. The van der Waals surface area contributed by atoms with E-state index in [2.05, 4.69) is 10.2 Å². The first-order valence-corrected chi connectivity index (χ1v) is 5.01. The summed E-state index contributed by atoms with van der Waals surface area (Å²) in [6, 6.07) is 4.73. The van der Waals surface area contributed by atoms with Crippen LogP contribution in [0.1, 0.15) is 12.5 Å². The van der Waals surface area contributed by atoms with E-state index in [0.717, 1.165) is 6.92 Å². The zero-order valence-electron chi connectivity index (χ0n) is 9.54.